The van der Waals surface area contributed by atoms with Gasteiger partial charge in [0, 0.05) is 12.6 Å². The number of amides is 2. The van der Waals surface area contributed by atoms with Gasteiger partial charge in [0.2, 0.25) is 11.8 Å². The smallest absolute Gasteiger partial charge is 0.264 e. The van der Waals surface area contributed by atoms with Crippen LogP contribution in [0.4, 0.5) is 5.69 Å². The number of sulfonamides is 1. The fourth-order valence-corrected chi connectivity index (χ4v) is 6.00. The van der Waals surface area contributed by atoms with Gasteiger partial charge in [-0.3, -0.25) is 13.9 Å². The van der Waals surface area contributed by atoms with Crippen LogP contribution < -0.4 is 9.62 Å². The van der Waals surface area contributed by atoms with Gasteiger partial charge in [0.05, 0.1) is 15.6 Å². The third-order valence-electron chi connectivity index (χ3n) is 6.31. The maximum Gasteiger partial charge on any atom is 0.264 e. The van der Waals surface area contributed by atoms with E-state index in [1.54, 1.807) is 36.4 Å². The summed E-state index contributed by atoms with van der Waals surface area (Å²) in [5, 5.41) is 3.09. The Morgan fingerprint density at radius 1 is 0.923 bits per heavy atom. The van der Waals surface area contributed by atoms with Crippen LogP contribution in [-0.4, -0.2) is 50.3 Å². The Balaban J connectivity index is 2.02. The van der Waals surface area contributed by atoms with Gasteiger partial charge >= 0.3 is 0 Å². The summed E-state index contributed by atoms with van der Waals surface area (Å²) in [7, 11) is -4.16. The zero-order chi connectivity index (χ0) is 28.6. The maximum absolute atomic E-state index is 14.0. The first kappa shape index (κ1) is 30.2. The summed E-state index contributed by atoms with van der Waals surface area (Å²) in [6.45, 7) is 7.14. The Morgan fingerprint density at radius 3 is 2.13 bits per heavy atom. The van der Waals surface area contributed by atoms with Crippen molar-refractivity contribution in [1.29, 1.82) is 0 Å². The van der Waals surface area contributed by atoms with Crippen LogP contribution >= 0.6 is 11.6 Å². The number of hydrogen-bond acceptors (Lipinski definition) is 4. The van der Waals surface area contributed by atoms with E-state index < -0.39 is 28.5 Å². The third-order valence-corrected chi connectivity index (χ3v) is 8.40. The molecule has 3 rings (SSSR count). The molecule has 0 aliphatic carbocycles. The number of hydrogen-bond donors (Lipinski definition) is 1. The van der Waals surface area contributed by atoms with E-state index in [1.165, 1.54) is 17.0 Å². The molecule has 2 amide bonds. The summed E-state index contributed by atoms with van der Waals surface area (Å²) >= 11 is 6.44. The van der Waals surface area contributed by atoms with Crippen LogP contribution in [0.3, 0.4) is 0 Å². The molecule has 0 saturated heterocycles. The maximum atomic E-state index is 14.0. The van der Waals surface area contributed by atoms with E-state index in [-0.39, 0.29) is 34.1 Å². The molecule has 1 atom stereocenters. The number of anilines is 1. The summed E-state index contributed by atoms with van der Waals surface area (Å²) in [4.78, 5) is 28.7. The van der Waals surface area contributed by atoms with Crippen molar-refractivity contribution >= 4 is 39.1 Å². The molecule has 0 aliphatic heterocycles. The number of halogens is 1. The zero-order valence-corrected chi connectivity index (χ0v) is 24.4. The zero-order valence-electron chi connectivity index (χ0n) is 22.8. The first-order chi connectivity index (χ1) is 18.5. The monoisotopic (exact) mass is 569 g/mol. The van der Waals surface area contributed by atoms with Crippen LogP contribution in [0.15, 0.2) is 83.8 Å². The summed E-state index contributed by atoms with van der Waals surface area (Å²) in [6.07, 6.45) is 0.880. The molecule has 3 aromatic carbocycles. The van der Waals surface area contributed by atoms with Crippen LogP contribution in [-0.2, 0) is 26.0 Å². The number of carbonyl (C=O) groups excluding carboxylic acids is 2. The summed E-state index contributed by atoms with van der Waals surface area (Å²) < 4.78 is 28.8. The Morgan fingerprint density at radius 2 is 1.54 bits per heavy atom. The molecular formula is C30H36ClN3O4S. The Kier molecular flexibility index (Phi) is 10.5. The van der Waals surface area contributed by atoms with E-state index >= 15 is 0 Å². The first-order valence-electron chi connectivity index (χ1n) is 13.0. The molecule has 0 radical (unpaired) electrons. The predicted octanol–water partition coefficient (Wildman–Crippen LogP) is 5.22. The van der Waals surface area contributed by atoms with E-state index in [0.717, 1.165) is 15.4 Å². The van der Waals surface area contributed by atoms with Gasteiger partial charge in [-0.25, -0.2) is 8.42 Å². The fraction of sp³-hybridized carbons (Fsp3) is 0.333. The molecule has 0 aliphatic rings. The largest absolute Gasteiger partial charge is 0.352 e. The normalized spacial score (nSPS) is 12.2. The van der Waals surface area contributed by atoms with Gasteiger partial charge in [0.1, 0.15) is 12.6 Å². The number of nitrogens with zero attached hydrogens (tertiary/aromatic N) is 2. The van der Waals surface area contributed by atoms with Gasteiger partial charge in [-0.1, -0.05) is 78.7 Å². The van der Waals surface area contributed by atoms with Crippen LogP contribution in [0.25, 0.3) is 0 Å². The lowest BCUT2D eigenvalue weighted by atomic mass is 10.1. The molecule has 0 heterocycles. The summed E-state index contributed by atoms with van der Waals surface area (Å²) in [5.74, 6) is -0.771. The second-order valence-electron chi connectivity index (χ2n) is 9.69. The molecule has 0 spiro atoms. The predicted molar refractivity (Wildman–Crippen MR) is 156 cm³/mol. The molecule has 1 N–H and O–H groups in total. The topological polar surface area (TPSA) is 86.8 Å². The Labute approximate surface area is 236 Å². The second-order valence-corrected chi connectivity index (χ2v) is 12.0. The standard InChI is InChI=1S/C30H36ClN3O4S/c1-5-27(30(36)32-22(2)3)33(20-19-24-11-7-6-8-12-24)29(35)21-34(28-14-10-9-13-26(28)31)39(37,38)25-17-15-23(4)16-18-25/h6-18,22,27H,5,19-21H2,1-4H3,(H,32,36)/t27-/m1/s1. The number of carbonyl (C=O) groups is 2. The van der Waals surface area contributed by atoms with Crippen LogP contribution in [0.1, 0.15) is 38.3 Å². The van der Waals surface area contributed by atoms with Gasteiger partial charge in [0.15, 0.2) is 0 Å². The SMILES string of the molecule is CC[C@H](C(=O)NC(C)C)N(CCc1ccccc1)C(=O)CN(c1ccccc1Cl)S(=O)(=O)c1ccc(C)cc1. The minimum absolute atomic E-state index is 0.0428. The molecule has 0 unspecified atom stereocenters. The molecule has 0 aromatic heterocycles. The number of para-hydroxylation sites is 1. The quantitative estimate of drug-likeness (QED) is 0.324. The Hall–Kier alpha value is -3.36. The van der Waals surface area contributed by atoms with E-state index in [2.05, 4.69) is 5.32 Å². The molecule has 208 valence electrons. The van der Waals surface area contributed by atoms with Crippen LogP contribution in [0.2, 0.25) is 5.02 Å². The lowest BCUT2D eigenvalue weighted by molar-refractivity contribution is -0.139. The molecule has 0 bridgehead atoms. The second kappa shape index (κ2) is 13.6. The van der Waals surface area contributed by atoms with Crippen LogP contribution in [0.5, 0.6) is 0 Å². The first-order valence-corrected chi connectivity index (χ1v) is 14.8. The van der Waals surface area contributed by atoms with Gasteiger partial charge in [0.25, 0.3) is 10.0 Å². The summed E-state index contributed by atoms with van der Waals surface area (Å²) in [5.41, 5.74) is 2.10. The number of rotatable bonds is 12. The highest BCUT2D eigenvalue weighted by Crippen LogP contribution is 2.30. The van der Waals surface area contributed by atoms with Crippen LogP contribution in [0, 0.1) is 6.92 Å². The van der Waals surface area contributed by atoms with Crippen molar-refractivity contribution in [2.45, 2.75) is 57.5 Å². The highest BCUT2D eigenvalue weighted by Gasteiger charge is 2.34. The molecule has 0 saturated carbocycles. The van der Waals surface area contributed by atoms with Gasteiger partial charge in [-0.15, -0.1) is 0 Å². The van der Waals surface area contributed by atoms with Crippen molar-refractivity contribution in [2.24, 2.45) is 0 Å². The van der Waals surface area contributed by atoms with E-state index in [9.17, 15) is 18.0 Å². The van der Waals surface area contributed by atoms with Crippen molar-refractivity contribution in [2.75, 3.05) is 17.4 Å². The highest BCUT2D eigenvalue weighted by molar-refractivity contribution is 7.92. The number of nitrogens with one attached hydrogen (secondary N) is 1. The average Bonchev–Trinajstić information content (AvgIpc) is 2.90. The molecular weight excluding hydrogens is 534 g/mol. The van der Waals surface area contributed by atoms with Crippen molar-refractivity contribution in [3.8, 4) is 0 Å². The Bertz CT molecular complexity index is 1360. The lowest BCUT2D eigenvalue weighted by Crippen LogP contribution is -2.54. The van der Waals surface area contributed by atoms with Gasteiger partial charge in [-0.05, 0) is 63.4 Å². The van der Waals surface area contributed by atoms with E-state index in [4.69, 9.17) is 11.6 Å². The third kappa shape index (κ3) is 7.83. The number of aryl methyl sites for hydroxylation is 1. The molecule has 3 aromatic rings. The molecule has 39 heavy (non-hydrogen) atoms. The van der Waals surface area contributed by atoms with Crippen molar-refractivity contribution in [1.82, 2.24) is 10.2 Å². The molecule has 0 fully saturated rings. The molecule has 7 nitrogen and oxygen atoms in total. The minimum Gasteiger partial charge on any atom is -0.352 e. The average molecular weight is 570 g/mol. The minimum atomic E-state index is -4.16. The molecule has 9 heteroatoms. The van der Waals surface area contributed by atoms with Gasteiger partial charge < -0.3 is 10.2 Å². The summed E-state index contributed by atoms with van der Waals surface area (Å²) in [6, 6.07) is 21.7. The van der Waals surface area contributed by atoms with Crippen molar-refractivity contribution in [3.05, 3.63) is 95.0 Å². The van der Waals surface area contributed by atoms with E-state index in [1.807, 2.05) is 58.0 Å². The van der Waals surface area contributed by atoms with Crippen molar-refractivity contribution < 1.29 is 18.0 Å². The number of benzene rings is 3. The fourth-order valence-electron chi connectivity index (χ4n) is 4.28. The lowest BCUT2D eigenvalue weighted by Gasteiger charge is -2.33. The van der Waals surface area contributed by atoms with E-state index in [0.29, 0.717) is 12.8 Å². The van der Waals surface area contributed by atoms with Gasteiger partial charge in [-0.2, -0.15) is 0 Å². The van der Waals surface area contributed by atoms with Crippen molar-refractivity contribution in [3.63, 3.8) is 0 Å². The highest BCUT2D eigenvalue weighted by atomic mass is 35.5.